The summed E-state index contributed by atoms with van der Waals surface area (Å²) in [5, 5.41) is 9.79. The zero-order chi connectivity index (χ0) is 9.47. The van der Waals surface area contributed by atoms with Crippen LogP contribution in [0.1, 0.15) is 19.5 Å². The third-order valence-electron chi connectivity index (χ3n) is 1.94. The summed E-state index contributed by atoms with van der Waals surface area (Å²) in [5.74, 6) is 0. The van der Waals surface area contributed by atoms with Gasteiger partial charge in [0, 0.05) is 12.4 Å². The molecule has 68 valence electrons. The van der Waals surface area contributed by atoms with Crippen molar-refractivity contribution >= 4 is 5.65 Å². The number of nitrogens with zero attached hydrogens (tertiary/aromatic N) is 3. The van der Waals surface area contributed by atoms with Crippen molar-refractivity contribution in [3.8, 4) is 0 Å². The minimum Gasteiger partial charge on any atom is -0.384 e. The molecule has 4 heteroatoms. The van der Waals surface area contributed by atoms with Crippen molar-refractivity contribution in [2.24, 2.45) is 0 Å². The summed E-state index contributed by atoms with van der Waals surface area (Å²) < 4.78 is 1.83. The van der Waals surface area contributed by atoms with Crippen molar-refractivity contribution in [1.29, 1.82) is 0 Å². The van der Waals surface area contributed by atoms with Gasteiger partial charge in [-0.05, 0) is 13.8 Å². The highest BCUT2D eigenvalue weighted by molar-refractivity contribution is 5.38. The summed E-state index contributed by atoms with van der Waals surface area (Å²) in [6.07, 6.45) is 6.78. The van der Waals surface area contributed by atoms with Gasteiger partial charge in [0.15, 0.2) is 5.65 Å². The molecule has 4 nitrogen and oxygen atoms in total. The molecule has 0 aromatic carbocycles. The lowest BCUT2D eigenvalue weighted by Crippen LogP contribution is -2.17. The number of aliphatic hydroxyl groups is 1. The first kappa shape index (κ1) is 8.19. The van der Waals surface area contributed by atoms with E-state index >= 15 is 0 Å². The topological polar surface area (TPSA) is 50.4 Å². The summed E-state index contributed by atoms with van der Waals surface area (Å²) in [6.45, 7) is 3.47. The quantitative estimate of drug-likeness (QED) is 0.705. The van der Waals surface area contributed by atoms with Crippen LogP contribution in [0.4, 0.5) is 0 Å². The van der Waals surface area contributed by atoms with Crippen molar-refractivity contribution in [2.75, 3.05) is 0 Å². The number of hydrogen-bond donors (Lipinski definition) is 1. The molecule has 0 amide bonds. The average Bonchev–Trinajstić information content (AvgIpc) is 2.45. The SMILES string of the molecule is CC(C)(O)c1cnc2cnccn12. The van der Waals surface area contributed by atoms with E-state index in [1.165, 1.54) is 0 Å². The van der Waals surface area contributed by atoms with E-state index in [1.807, 2.05) is 4.40 Å². The van der Waals surface area contributed by atoms with Gasteiger partial charge in [-0.15, -0.1) is 0 Å². The summed E-state index contributed by atoms with van der Waals surface area (Å²) in [6, 6.07) is 0. The van der Waals surface area contributed by atoms with E-state index in [0.717, 1.165) is 11.3 Å². The van der Waals surface area contributed by atoms with Crippen molar-refractivity contribution in [3.63, 3.8) is 0 Å². The van der Waals surface area contributed by atoms with Gasteiger partial charge in [-0.25, -0.2) is 4.98 Å². The highest BCUT2D eigenvalue weighted by atomic mass is 16.3. The molecule has 0 bridgehead atoms. The number of fused-ring (bicyclic) bond motifs is 1. The largest absolute Gasteiger partial charge is 0.384 e. The molecular formula is C9H11N3O. The fraction of sp³-hybridized carbons (Fsp3) is 0.333. The second-order valence-corrected chi connectivity index (χ2v) is 3.51. The Balaban J connectivity index is 2.72. The van der Waals surface area contributed by atoms with Crippen LogP contribution in [0, 0.1) is 0 Å². The predicted molar refractivity (Wildman–Crippen MR) is 48.2 cm³/mol. The molecule has 0 atom stereocenters. The Hall–Kier alpha value is -1.42. The summed E-state index contributed by atoms with van der Waals surface area (Å²) in [7, 11) is 0. The highest BCUT2D eigenvalue weighted by Crippen LogP contribution is 2.19. The van der Waals surface area contributed by atoms with Crippen molar-refractivity contribution in [1.82, 2.24) is 14.4 Å². The molecule has 2 aromatic heterocycles. The van der Waals surface area contributed by atoms with E-state index in [9.17, 15) is 5.11 Å². The van der Waals surface area contributed by atoms with E-state index < -0.39 is 5.60 Å². The third kappa shape index (κ3) is 1.29. The molecule has 1 N–H and O–H groups in total. The van der Waals surface area contributed by atoms with Gasteiger partial charge in [-0.3, -0.25) is 9.38 Å². The maximum atomic E-state index is 9.79. The third-order valence-corrected chi connectivity index (χ3v) is 1.94. The Morgan fingerprint density at radius 1 is 1.38 bits per heavy atom. The Morgan fingerprint density at radius 3 is 2.85 bits per heavy atom. The first-order valence-electron chi connectivity index (χ1n) is 4.09. The lowest BCUT2D eigenvalue weighted by Gasteiger charge is -2.15. The molecule has 0 aliphatic heterocycles. The van der Waals surface area contributed by atoms with Crippen LogP contribution >= 0.6 is 0 Å². The molecule has 2 heterocycles. The first-order chi connectivity index (χ1) is 6.09. The molecule has 0 fully saturated rings. The van der Waals surface area contributed by atoms with Gasteiger partial charge in [-0.2, -0.15) is 0 Å². The van der Waals surface area contributed by atoms with Crippen LogP contribution in [0.3, 0.4) is 0 Å². The van der Waals surface area contributed by atoms with Gasteiger partial charge in [-0.1, -0.05) is 0 Å². The van der Waals surface area contributed by atoms with Crippen LogP contribution < -0.4 is 0 Å². The summed E-state index contributed by atoms with van der Waals surface area (Å²) in [5.41, 5.74) is 0.644. The molecule has 2 rings (SSSR count). The van der Waals surface area contributed by atoms with Crippen LogP contribution in [-0.2, 0) is 5.60 Å². The Morgan fingerprint density at radius 2 is 2.15 bits per heavy atom. The van der Waals surface area contributed by atoms with Gasteiger partial charge in [0.2, 0.25) is 0 Å². The number of rotatable bonds is 1. The average molecular weight is 177 g/mol. The van der Waals surface area contributed by atoms with Crippen LogP contribution in [0.2, 0.25) is 0 Å². The molecule has 0 aliphatic rings. The highest BCUT2D eigenvalue weighted by Gasteiger charge is 2.20. The Bertz CT molecular complexity index is 428. The predicted octanol–water partition coefficient (Wildman–Crippen LogP) is 0.957. The van der Waals surface area contributed by atoms with Gasteiger partial charge in [0.05, 0.1) is 18.1 Å². The van der Waals surface area contributed by atoms with Crippen molar-refractivity contribution in [3.05, 3.63) is 30.5 Å². The van der Waals surface area contributed by atoms with E-state index in [0.29, 0.717) is 0 Å². The van der Waals surface area contributed by atoms with E-state index in [1.54, 1.807) is 38.6 Å². The lowest BCUT2D eigenvalue weighted by molar-refractivity contribution is 0.0729. The monoisotopic (exact) mass is 177 g/mol. The normalized spacial score (nSPS) is 12.2. The van der Waals surface area contributed by atoms with Crippen molar-refractivity contribution in [2.45, 2.75) is 19.4 Å². The van der Waals surface area contributed by atoms with Gasteiger partial charge < -0.3 is 5.11 Å². The molecule has 0 saturated heterocycles. The fourth-order valence-corrected chi connectivity index (χ4v) is 1.29. The second-order valence-electron chi connectivity index (χ2n) is 3.51. The van der Waals surface area contributed by atoms with Gasteiger partial charge in [0.1, 0.15) is 5.60 Å². The van der Waals surface area contributed by atoms with Crippen LogP contribution in [-0.4, -0.2) is 19.5 Å². The molecule has 13 heavy (non-hydrogen) atoms. The fourth-order valence-electron chi connectivity index (χ4n) is 1.29. The molecule has 0 unspecified atom stereocenters. The minimum atomic E-state index is -0.874. The Labute approximate surface area is 75.9 Å². The zero-order valence-electron chi connectivity index (χ0n) is 7.60. The second kappa shape index (κ2) is 2.53. The molecule has 0 saturated carbocycles. The number of aromatic nitrogens is 3. The van der Waals surface area contributed by atoms with Crippen LogP contribution in [0.25, 0.3) is 5.65 Å². The molecule has 0 radical (unpaired) electrons. The van der Waals surface area contributed by atoms with Crippen molar-refractivity contribution < 1.29 is 5.11 Å². The summed E-state index contributed by atoms with van der Waals surface area (Å²) in [4.78, 5) is 8.07. The maximum absolute atomic E-state index is 9.79. The molecule has 0 spiro atoms. The van der Waals surface area contributed by atoms with E-state index in [4.69, 9.17) is 0 Å². The molecule has 0 aliphatic carbocycles. The van der Waals surface area contributed by atoms with E-state index in [2.05, 4.69) is 9.97 Å². The zero-order valence-corrected chi connectivity index (χ0v) is 7.60. The number of hydrogen-bond acceptors (Lipinski definition) is 3. The lowest BCUT2D eigenvalue weighted by atomic mass is 10.1. The number of imidazole rings is 1. The standard InChI is InChI=1S/C9H11N3O/c1-9(2,13)7-5-11-8-6-10-3-4-12(7)8/h3-6,13H,1-2H3. The van der Waals surface area contributed by atoms with Gasteiger partial charge in [0.25, 0.3) is 0 Å². The molecule has 2 aromatic rings. The van der Waals surface area contributed by atoms with E-state index in [-0.39, 0.29) is 0 Å². The minimum absolute atomic E-state index is 0.750. The summed E-state index contributed by atoms with van der Waals surface area (Å²) >= 11 is 0. The van der Waals surface area contributed by atoms with Gasteiger partial charge >= 0.3 is 0 Å². The Kier molecular flexibility index (Phi) is 1.60. The molecular weight excluding hydrogens is 166 g/mol. The smallest absolute Gasteiger partial charge is 0.155 e. The van der Waals surface area contributed by atoms with Crippen LogP contribution in [0.5, 0.6) is 0 Å². The first-order valence-corrected chi connectivity index (χ1v) is 4.09. The maximum Gasteiger partial charge on any atom is 0.155 e. The van der Waals surface area contributed by atoms with Crippen LogP contribution in [0.15, 0.2) is 24.8 Å².